The van der Waals surface area contributed by atoms with E-state index in [9.17, 15) is 0 Å². The van der Waals surface area contributed by atoms with Gasteiger partial charge in [-0.1, -0.05) is 23.4 Å². The molecule has 1 N–H and O–H groups in total. The van der Waals surface area contributed by atoms with E-state index in [1.807, 2.05) is 24.3 Å². The molecule has 3 heterocycles. The largest absolute Gasteiger partial charge is 0.492 e. The fourth-order valence-electron chi connectivity index (χ4n) is 2.62. The first kappa shape index (κ1) is 11.9. The van der Waals surface area contributed by atoms with E-state index in [1.165, 1.54) is 0 Å². The Balaban J connectivity index is 1.59. The van der Waals surface area contributed by atoms with Gasteiger partial charge in [0.15, 0.2) is 5.82 Å². The summed E-state index contributed by atoms with van der Waals surface area (Å²) in [5.74, 6) is 2.15. The lowest BCUT2D eigenvalue weighted by Crippen LogP contribution is -2.33. The molecule has 0 spiro atoms. The fraction of sp³-hybridized carbons (Fsp3) is 0.429. The molecule has 6 heteroatoms. The maximum atomic E-state index is 5.65. The van der Waals surface area contributed by atoms with Crippen LogP contribution in [0, 0.1) is 0 Å². The number of ether oxygens (including phenoxy) is 2. The molecular formula is C14H15N3O3. The Hall–Kier alpha value is -1.92. The van der Waals surface area contributed by atoms with Crippen LogP contribution in [0.2, 0.25) is 0 Å². The first-order valence-electron chi connectivity index (χ1n) is 6.79. The number of nitrogens with one attached hydrogen (secondary N) is 1. The second-order valence-electron chi connectivity index (χ2n) is 4.96. The molecule has 6 nitrogen and oxygen atoms in total. The van der Waals surface area contributed by atoms with Gasteiger partial charge in [-0.3, -0.25) is 0 Å². The predicted octanol–water partition coefficient (Wildman–Crippen LogP) is 1.25. The van der Waals surface area contributed by atoms with Crippen molar-refractivity contribution >= 4 is 0 Å². The SMILES string of the molecule is c1ccc2c(c1)OCC2c1noc(C2CNCCO2)n1. The highest BCUT2D eigenvalue weighted by molar-refractivity contribution is 5.42. The second-order valence-corrected chi connectivity index (χ2v) is 4.96. The Morgan fingerprint density at radius 2 is 2.20 bits per heavy atom. The van der Waals surface area contributed by atoms with E-state index in [0.717, 1.165) is 17.9 Å². The van der Waals surface area contributed by atoms with Gasteiger partial charge < -0.3 is 19.3 Å². The molecule has 0 amide bonds. The van der Waals surface area contributed by atoms with Crippen molar-refractivity contribution in [3.63, 3.8) is 0 Å². The summed E-state index contributed by atoms with van der Waals surface area (Å²) in [4.78, 5) is 4.49. The molecule has 0 saturated carbocycles. The number of nitrogens with zero attached hydrogens (tertiary/aromatic N) is 2. The number of hydrogen-bond acceptors (Lipinski definition) is 6. The summed E-state index contributed by atoms with van der Waals surface area (Å²) in [5.41, 5.74) is 1.11. The number of para-hydroxylation sites is 1. The van der Waals surface area contributed by atoms with Crippen LogP contribution in [0.5, 0.6) is 5.75 Å². The van der Waals surface area contributed by atoms with Gasteiger partial charge in [-0.2, -0.15) is 4.98 Å². The molecule has 1 fully saturated rings. The molecule has 1 aromatic carbocycles. The van der Waals surface area contributed by atoms with Crippen molar-refractivity contribution in [2.45, 2.75) is 12.0 Å². The first-order valence-corrected chi connectivity index (χ1v) is 6.79. The van der Waals surface area contributed by atoms with Gasteiger partial charge in [0.25, 0.3) is 5.89 Å². The van der Waals surface area contributed by atoms with Crippen molar-refractivity contribution in [3.05, 3.63) is 41.5 Å². The van der Waals surface area contributed by atoms with E-state index in [4.69, 9.17) is 14.0 Å². The van der Waals surface area contributed by atoms with Crippen LogP contribution in [0.1, 0.15) is 29.3 Å². The van der Waals surface area contributed by atoms with Crippen LogP contribution in [0.4, 0.5) is 0 Å². The summed E-state index contributed by atoms with van der Waals surface area (Å²) >= 11 is 0. The molecule has 0 aliphatic carbocycles. The highest BCUT2D eigenvalue weighted by atomic mass is 16.5. The van der Waals surface area contributed by atoms with Crippen molar-refractivity contribution in [2.24, 2.45) is 0 Å². The van der Waals surface area contributed by atoms with E-state index in [2.05, 4.69) is 15.5 Å². The minimum atomic E-state index is -0.150. The van der Waals surface area contributed by atoms with E-state index in [-0.39, 0.29) is 12.0 Å². The summed E-state index contributed by atoms with van der Waals surface area (Å²) in [6.45, 7) is 2.79. The molecule has 2 aromatic rings. The molecule has 2 aliphatic rings. The smallest absolute Gasteiger partial charge is 0.257 e. The lowest BCUT2D eigenvalue weighted by atomic mass is 10.0. The number of aromatic nitrogens is 2. The highest BCUT2D eigenvalue weighted by Crippen LogP contribution is 2.36. The van der Waals surface area contributed by atoms with Gasteiger partial charge >= 0.3 is 0 Å². The lowest BCUT2D eigenvalue weighted by molar-refractivity contribution is 0.00755. The summed E-state index contributed by atoms with van der Waals surface area (Å²) < 4.78 is 16.6. The van der Waals surface area contributed by atoms with Crippen molar-refractivity contribution in [3.8, 4) is 5.75 Å². The van der Waals surface area contributed by atoms with Crippen molar-refractivity contribution in [1.29, 1.82) is 0 Å². The van der Waals surface area contributed by atoms with Crippen LogP contribution in [0.15, 0.2) is 28.8 Å². The summed E-state index contributed by atoms with van der Waals surface area (Å²) in [5, 5.41) is 7.35. The van der Waals surface area contributed by atoms with Crippen molar-refractivity contribution < 1.29 is 14.0 Å². The molecule has 1 saturated heterocycles. The van der Waals surface area contributed by atoms with Gasteiger partial charge in [0.05, 0.1) is 12.5 Å². The van der Waals surface area contributed by atoms with Gasteiger partial charge in [0.2, 0.25) is 0 Å². The van der Waals surface area contributed by atoms with Crippen LogP contribution in [-0.2, 0) is 4.74 Å². The highest BCUT2D eigenvalue weighted by Gasteiger charge is 2.31. The minimum Gasteiger partial charge on any atom is -0.492 e. The average Bonchev–Trinajstić information content (AvgIpc) is 3.14. The first-order chi connectivity index (χ1) is 9.92. The molecule has 0 radical (unpaired) electrons. The summed E-state index contributed by atoms with van der Waals surface area (Å²) in [7, 11) is 0. The molecular weight excluding hydrogens is 258 g/mol. The van der Waals surface area contributed by atoms with Gasteiger partial charge in [-0.05, 0) is 6.07 Å². The Labute approximate surface area is 116 Å². The molecule has 2 aliphatic heterocycles. The molecule has 2 unspecified atom stereocenters. The minimum absolute atomic E-state index is 0.0419. The summed E-state index contributed by atoms with van der Waals surface area (Å²) in [6, 6.07) is 7.96. The number of rotatable bonds is 2. The molecule has 4 rings (SSSR count). The zero-order valence-corrected chi connectivity index (χ0v) is 10.9. The molecule has 0 bridgehead atoms. The predicted molar refractivity (Wildman–Crippen MR) is 69.6 cm³/mol. The van der Waals surface area contributed by atoms with Crippen LogP contribution in [-0.4, -0.2) is 36.4 Å². The zero-order valence-electron chi connectivity index (χ0n) is 10.9. The van der Waals surface area contributed by atoms with Gasteiger partial charge in [0, 0.05) is 18.7 Å². The lowest BCUT2D eigenvalue weighted by Gasteiger charge is -2.19. The van der Waals surface area contributed by atoms with Gasteiger partial charge in [0.1, 0.15) is 18.5 Å². The standard InChI is InChI=1S/C14H15N3O3/c1-2-4-11-9(3-1)10(8-19-11)13-16-14(20-17-13)12-7-15-5-6-18-12/h1-4,10,12,15H,5-8H2. The number of morpholine rings is 1. The second kappa shape index (κ2) is 4.88. The molecule has 1 aromatic heterocycles. The Morgan fingerprint density at radius 1 is 1.25 bits per heavy atom. The van der Waals surface area contributed by atoms with Crippen molar-refractivity contribution in [2.75, 3.05) is 26.3 Å². The summed E-state index contributed by atoms with van der Waals surface area (Å²) in [6.07, 6.45) is -0.150. The molecule has 2 atom stereocenters. The quantitative estimate of drug-likeness (QED) is 0.888. The van der Waals surface area contributed by atoms with E-state index >= 15 is 0 Å². The average molecular weight is 273 g/mol. The van der Waals surface area contributed by atoms with Crippen LogP contribution >= 0.6 is 0 Å². The number of hydrogen-bond donors (Lipinski definition) is 1. The molecule has 20 heavy (non-hydrogen) atoms. The van der Waals surface area contributed by atoms with Crippen LogP contribution in [0.3, 0.4) is 0 Å². The maximum absolute atomic E-state index is 5.65. The van der Waals surface area contributed by atoms with Gasteiger partial charge in [-0.25, -0.2) is 0 Å². The normalized spacial score (nSPS) is 25.2. The van der Waals surface area contributed by atoms with Crippen molar-refractivity contribution in [1.82, 2.24) is 15.5 Å². The van der Waals surface area contributed by atoms with Gasteiger partial charge in [-0.15, -0.1) is 0 Å². The third-order valence-electron chi connectivity index (χ3n) is 3.67. The van der Waals surface area contributed by atoms with Crippen LogP contribution < -0.4 is 10.1 Å². The monoisotopic (exact) mass is 273 g/mol. The third-order valence-corrected chi connectivity index (χ3v) is 3.67. The van der Waals surface area contributed by atoms with Crippen LogP contribution in [0.25, 0.3) is 0 Å². The molecule has 104 valence electrons. The Bertz CT molecular complexity index is 607. The number of fused-ring (bicyclic) bond motifs is 1. The zero-order chi connectivity index (χ0) is 13.4. The van der Waals surface area contributed by atoms with E-state index in [1.54, 1.807) is 0 Å². The Kier molecular flexibility index (Phi) is 2.90. The van der Waals surface area contributed by atoms with E-state index < -0.39 is 0 Å². The van der Waals surface area contributed by atoms with E-state index in [0.29, 0.717) is 31.5 Å². The fourth-order valence-corrected chi connectivity index (χ4v) is 2.62. The Morgan fingerprint density at radius 3 is 3.10 bits per heavy atom. The maximum Gasteiger partial charge on any atom is 0.257 e. The number of benzene rings is 1. The third kappa shape index (κ3) is 1.97. The topological polar surface area (TPSA) is 69.4 Å².